The fourth-order valence-corrected chi connectivity index (χ4v) is 6.10. The number of nitrogen functional groups attached to an aromatic ring is 1. The average molecular weight is 526 g/mol. The van der Waals surface area contributed by atoms with Crippen LogP contribution in [-0.4, -0.2) is 43.9 Å². The number of aliphatic hydroxyl groups excluding tert-OH is 1. The standard InChI is InChI=1S/C21H22ClFN5O6P/c1-10-14(16(29)7-15(10)28-9-25-18-19(28)26-21(24)27-20(18)30)8-33-35(31)32-3-2-17(34-35)11-4-12(22)6-13(23)5-11/h4-6,9,14-17,29H,1-3,7-8H2,(H3,24,26,27,30)/t14-,15?,16-,17+,35-/m0/s1. The van der Waals surface area contributed by atoms with Crippen molar-refractivity contribution in [2.75, 3.05) is 18.9 Å². The lowest BCUT2D eigenvalue weighted by atomic mass is 10.0. The number of hydrogen-bond donors (Lipinski definition) is 3. The number of benzene rings is 1. The van der Waals surface area contributed by atoms with Gasteiger partial charge in [0.25, 0.3) is 5.56 Å². The Morgan fingerprint density at radius 2 is 2.23 bits per heavy atom. The molecule has 0 amide bonds. The highest BCUT2D eigenvalue weighted by Gasteiger charge is 2.42. The summed E-state index contributed by atoms with van der Waals surface area (Å²) < 4.78 is 44.9. The molecule has 11 nitrogen and oxygen atoms in total. The smallest absolute Gasteiger partial charge is 0.392 e. The van der Waals surface area contributed by atoms with Gasteiger partial charge in [-0.05, 0) is 35.8 Å². The molecule has 0 radical (unpaired) electrons. The first-order valence-corrected chi connectivity index (χ1v) is 12.6. The van der Waals surface area contributed by atoms with Crippen LogP contribution in [0.5, 0.6) is 0 Å². The quantitative estimate of drug-likeness (QED) is 0.336. The van der Waals surface area contributed by atoms with E-state index in [1.54, 1.807) is 4.57 Å². The van der Waals surface area contributed by atoms with Gasteiger partial charge in [0.15, 0.2) is 11.2 Å². The maximum Gasteiger partial charge on any atom is 0.475 e. The summed E-state index contributed by atoms with van der Waals surface area (Å²) in [5, 5.41) is 10.9. The lowest BCUT2D eigenvalue weighted by Gasteiger charge is -2.30. The second-order valence-corrected chi connectivity index (χ2v) is 10.5. The Bertz CT molecular complexity index is 1390. The average Bonchev–Trinajstić information content (AvgIpc) is 3.32. The first-order valence-electron chi connectivity index (χ1n) is 10.8. The number of rotatable bonds is 5. The summed E-state index contributed by atoms with van der Waals surface area (Å²) in [6, 6.07) is 3.49. The Hall–Kier alpha value is -2.60. The summed E-state index contributed by atoms with van der Waals surface area (Å²) >= 11 is 5.93. The van der Waals surface area contributed by atoms with E-state index in [-0.39, 0.29) is 41.8 Å². The van der Waals surface area contributed by atoms with Gasteiger partial charge in [0.1, 0.15) is 5.82 Å². The molecule has 1 aliphatic heterocycles. The van der Waals surface area contributed by atoms with Gasteiger partial charge < -0.3 is 15.4 Å². The molecule has 5 atom stereocenters. The number of hydrogen-bond acceptors (Lipinski definition) is 9. The molecule has 2 fully saturated rings. The van der Waals surface area contributed by atoms with E-state index in [1.807, 2.05) is 0 Å². The number of halogens is 2. The Kier molecular flexibility index (Phi) is 6.28. The van der Waals surface area contributed by atoms with E-state index in [2.05, 4.69) is 21.5 Å². The zero-order chi connectivity index (χ0) is 24.9. The van der Waals surface area contributed by atoms with E-state index in [0.717, 1.165) is 6.07 Å². The highest BCUT2D eigenvalue weighted by molar-refractivity contribution is 7.48. The van der Waals surface area contributed by atoms with E-state index < -0.39 is 43.4 Å². The van der Waals surface area contributed by atoms with Crippen LogP contribution in [-0.2, 0) is 18.1 Å². The fourth-order valence-electron chi connectivity index (χ4n) is 4.46. The number of nitrogens with two attached hydrogens (primary N) is 1. The van der Waals surface area contributed by atoms with Gasteiger partial charge in [0.2, 0.25) is 5.95 Å². The molecule has 3 heterocycles. The SMILES string of the molecule is C=C1C(n2cnc3c(=O)[nH]c(N)nc32)C[C@H](O)[C@H]1CO[P@]1(=O)OCC[C@H](c2cc(F)cc(Cl)c2)O1. The summed E-state index contributed by atoms with van der Waals surface area (Å²) in [6.07, 6.45) is 0.375. The van der Waals surface area contributed by atoms with Gasteiger partial charge in [-0.2, -0.15) is 4.98 Å². The van der Waals surface area contributed by atoms with Crippen molar-refractivity contribution in [3.8, 4) is 0 Å². The van der Waals surface area contributed by atoms with Gasteiger partial charge in [-0.25, -0.2) is 13.9 Å². The van der Waals surface area contributed by atoms with Crippen molar-refractivity contribution in [2.45, 2.75) is 31.1 Å². The number of H-pyrrole nitrogens is 1. The van der Waals surface area contributed by atoms with Crippen LogP contribution in [0.15, 0.2) is 41.5 Å². The van der Waals surface area contributed by atoms with Crippen molar-refractivity contribution in [1.82, 2.24) is 19.5 Å². The van der Waals surface area contributed by atoms with Gasteiger partial charge in [-0.1, -0.05) is 18.2 Å². The van der Waals surface area contributed by atoms with Crippen molar-refractivity contribution in [3.05, 3.63) is 63.4 Å². The van der Waals surface area contributed by atoms with E-state index in [4.69, 9.17) is 30.9 Å². The van der Waals surface area contributed by atoms with E-state index in [9.17, 15) is 18.9 Å². The molecular weight excluding hydrogens is 504 g/mol. The molecule has 3 aromatic rings. The minimum atomic E-state index is -4.01. The number of aliphatic hydroxyl groups is 1. The molecule has 186 valence electrons. The molecular formula is C21H22ClFN5O6P. The molecule has 1 unspecified atom stereocenters. The topological polar surface area (TPSA) is 155 Å². The monoisotopic (exact) mass is 525 g/mol. The first-order chi connectivity index (χ1) is 16.6. The number of phosphoric acid groups is 1. The van der Waals surface area contributed by atoms with Crippen molar-refractivity contribution >= 4 is 36.5 Å². The molecule has 2 aromatic heterocycles. The largest absolute Gasteiger partial charge is 0.475 e. The van der Waals surface area contributed by atoms with Gasteiger partial charge in [0.05, 0.1) is 37.8 Å². The third-order valence-electron chi connectivity index (χ3n) is 6.17. The summed E-state index contributed by atoms with van der Waals surface area (Å²) in [6.45, 7) is 3.95. The number of nitrogens with zero attached hydrogens (tertiary/aromatic N) is 3. The number of aromatic nitrogens is 4. The second kappa shape index (κ2) is 9.12. The van der Waals surface area contributed by atoms with Gasteiger partial charge in [-0.3, -0.25) is 23.3 Å². The molecule has 5 rings (SSSR count). The van der Waals surface area contributed by atoms with Crippen molar-refractivity contribution in [2.24, 2.45) is 5.92 Å². The van der Waals surface area contributed by atoms with Crippen molar-refractivity contribution < 1.29 is 27.6 Å². The predicted octanol–water partition coefficient (Wildman–Crippen LogP) is 3.28. The van der Waals surface area contributed by atoms with Crippen molar-refractivity contribution in [3.63, 3.8) is 0 Å². The van der Waals surface area contributed by atoms with Gasteiger partial charge in [-0.15, -0.1) is 0 Å². The number of fused-ring (bicyclic) bond motifs is 1. The Labute approximate surface area is 203 Å². The van der Waals surface area contributed by atoms with Crippen LogP contribution in [0.25, 0.3) is 11.2 Å². The normalized spacial score (nSPS) is 29.2. The highest BCUT2D eigenvalue weighted by Crippen LogP contribution is 2.58. The number of phosphoric ester groups is 1. The highest BCUT2D eigenvalue weighted by atomic mass is 35.5. The third-order valence-corrected chi connectivity index (χ3v) is 7.87. The van der Waals surface area contributed by atoms with Crippen LogP contribution < -0.4 is 11.3 Å². The van der Waals surface area contributed by atoms with E-state index >= 15 is 0 Å². The van der Waals surface area contributed by atoms with Gasteiger partial charge >= 0.3 is 7.82 Å². The molecule has 0 spiro atoms. The summed E-state index contributed by atoms with van der Waals surface area (Å²) in [5.41, 5.74) is 6.54. The van der Waals surface area contributed by atoms with Crippen molar-refractivity contribution in [1.29, 1.82) is 0 Å². The summed E-state index contributed by atoms with van der Waals surface area (Å²) in [4.78, 5) is 22.7. The number of imidazole rings is 1. The maximum absolute atomic E-state index is 13.8. The number of nitrogens with one attached hydrogen (secondary N) is 1. The molecule has 1 saturated heterocycles. The number of aromatic amines is 1. The number of anilines is 1. The minimum absolute atomic E-state index is 0.0628. The maximum atomic E-state index is 13.8. The van der Waals surface area contributed by atoms with Crippen LogP contribution in [0.3, 0.4) is 0 Å². The van der Waals surface area contributed by atoms with Crippen LogP contribution in [0, 0.1) is 11.7 Å². The zero-order valence-corrected chi connectivity index (χ0v) is 19.9. The summed E-state index contributed by atoms with van der Waals surface area (Å²) in [7, 11) is -4.01. The third kappa shape index (κ3) is 4.65. The molecule has 1 aliphatic carbocycles. The first kappa shape index (κ1) is 24.1. The molecule has 0 bridgehead atoms. The molecule has 2 aliphatic rings. The van der Waals surface area contributed by atoms with Gasteiger partial charge in [0, 0.05) is 17.4 Å². The van der Waals surface area contributed by atoms with E-state index in [0.29, 0.717) is 17.6 Å². The van der Waals surface area contributed by atoms with E-state index in [1.165, 1.54) is 18.5 Å². The molecule has 1 aromatic carbocycles. The Morgan fingerprint density at radius 1 is 1.43 bits per heavy atom. The van der Waals surface area contributed by atoms with Crippen LogP contribution in [0.1, 0.15) is 30.6 Å². The Balaban J connectivity index is 1.31. The van der Waals surface area contributed by atoms with Crippen LogP contribution >= 0.6 is 19.4 Å². The summed E-state index contributed by atoms with van der Waals surface area (Å²) in [5.74, 6) is -1.22. The molecule has 4 N–H and O–H groups in total. The van der Waals surface area contributed by atoms with Crippen LogP contribution in [0.2, 0.25) is 5.02 Å². The lowest BCUT2D eigenvalue weighted by molar-refractivity contribution is 0.0165. The lowest BCUT2D eigenvalue weighted by Crippen LogP contribution is -2.22. The second-order valence-electron chi connectivity index (χ2n) is 8.44. The molecule has 1 saturated carbocycles. The predicted molar refractivity (Wildman–Crippen MR) is 124 cm³/mol. The van der Waals surface area contributed by atoms with Crippen LogP contribution in [0.4, 0.5) is 10.3 Å². The Morgan fingerprint density at radius 3 is 3.00 bits per heavy atom. The minimum Gasteiger partial charge on any atom is -0.392 e. The fraction of sp³-hybridized carbons (Fsp3) is 0.381. The molecule has 35 heavy (non-hydrogen) atoms. The molecule has 14 heteroatoms. The zero-order valence-electron chi connectivity index (χ0n) is 18.3.